The molecule has 2 N–H and O–H groups in total. The Kier molecular flexibility index (Phi) is 10.8. The van der Waals surface area contributed by atoms with Gasteiger partial charge in [0.1, 0.15) is 11.6 Å². The molecule has 0 bridgehead atoms. The van der Waals surface area contributed by atoms with Crippen LogP contribution in [0.25, 0.3) is 0 Å². The molecule has 2 aromatic carbocycles. The molecule has 2 aromatic rings. The van der Waals surface area contributed by atoms with E-state index in [1.54, 1.807) is 45.3 Å². The molecule has 6 nitrogen and oxygen atoms in total. The Morgan fingerprint density at radius 3 is 2.33 bits per heavy atom. The van der Waals surface area contributed by atoms with E-state index < -0.39 is 17.7 Å². The fourth-order valence-corrected chi connectivity index (χ4v) is 2.90. The topological polar surface area (TPSA) is 58.1 Å². The van der Waals surface area contributed by atoms with Crippen molar-refractivity contribution >= 4 is 35.6 Å². The summed E-state index contributed by atoms with van der Waals surface area (Å²) in [7, 11) is 6.73. The summed E-state index contributed by atoms with van der Waals surface area (Å²) in [5.41, 5.74) is 0.750. The molecule has 0 aliphatic rings. The molecule has 0 aromatic heterocycles. The molecule has 9 heteroatoms. The summed E-state index contributed by atoms with van der Waals surface area (Å²) in [6.45, 7) is 2.68. The van der Waals surface area contributed by atoms with Crippen LogP contribution in [0.2, 0.25) is 0 Å². The third kappa shape index (κ3) is 6.69. The fraction of sp³-hybridized carbons (Fsp3) is 0.381. The molecule has 0 aliphatic heterocycles. The van der Waals surface area contributed by atoms with Crippen molar-refractivity contribution in [2.75, 3.05) is 46.7 Å². The molecular weight excluding hydrogens is 505 g/mol. The second-order valence-corrected chi connectivity index (χ2v) is 6.49. The Morgan fingerprint density at radius 2 is 1.80 bits per heavy atom. The number of rotatable bonds is 8. The van der Waals surface area contributed by atoms with Crippen LogP contribution in [-0.2, 0) is 0 Å². The number of halogens is 3. The Labute approximate surface area is 193 Å². The monoisotopic (exact) mass is 534 g/mol. The van der Waals surface area contributed by atoms with Crippen LogP contribution in [0.15, 0.2) is 41.4 Å². The number of methoxy groups -OCH3 is 1. The van der Waals surface area contributed by atoms with E-state index >= 15 is 0 Å². The van der Waals surface area contributed by atoms with Gasteiger partial charge in [-0.3, -0.25) is 4.99 Å². The van der Waals surface area contributed by atoms with Gasteiger partial charge in [0.15, 0.2) is 17.5 Å². The van der Waals surface area contributed by atoms with E-state index in [0.29, 0.717) is 24.1 Å². The van der Waals surface area contributed by atoms with Crippen molar-refractivity contribution in [2.45, 2.75) is 13.0 Å². The maximum atomic E-state index is 14.2. The molecule has 30 heavy (non-hydrogen) atoms. The number of anilines is 1. The van der Waals surface area contributed by atoms with Crippen LogP contribution in [-0.4, -0.2) is 52.3 Å². The van der Waals surface area contributed by atoms with Gasteiger partial charge in [-0.25, -0.2) is 8.78 Å². The Balaban J connectivity index is 0.00000450. The highest BCUT2D eigenvalue weighted by Crippen LogP contribution is 2.30. The largest absolute Gasteiger partial charge is 0.493 e. The van der Waals surface area contributed by atoms with Gasteiger partial charge >= 0.3 is 0 Å². The lowest BCUT2D eigenvalue weighted by atomic mass is 10.0. The standard InChI is InChI=1S/C21H28F2N4O2.HI/c1-6-29-18-11-10-14(12-19(18)28-5)26-21(24-2)25-13-17(27(3)4)20-15(22)8-7-9-16(20)23;/h7-12,17H,6,13H2,1-5H3,(H2,24,25,26);1H. The third-order valence-electron chi connectivity index (χ3n) is 4.37. The van der Waals surface area contributed by atoms with E-state index in [0.717, 1.165) is 5.69 Å². The average molecular weight is 534 g/mol. The van der Waals surface area contributed by atoms with Gasteiger partial charge in [-0.15, -0.1) is 24.0 Å². The zero-order valence-corrected chi connectivity index (χ0v) is 20.2. The molecule has 0 fully saturated rings. The van der Waals surface area contributed by atoms with Crippen molar-refractivity contribution < 1.29 is 18.3 Å². The van der Waals surface area contributed by atoms with Gasteiger partial charge in [-0.05, 0) is 45.3 Å². The summed E-state index contributed by atoms with van der Waals surface area (Å²) in [4.78, 5) is 5.94. The molecule has 0 saturated heterocycles. The van der Waals surface area contributed by atoms with Crippen molar-refractivity contribution in [3.05, 3.63) is 53.6 Å². The highest BCUT2D eigenvalue weighted by Gasteiger charge is 2.22. The van der Waals surface area contributed by atoms with Crippen LogP contribution in [0.3, 0.4) is 0 Å². The summed E-state index contributed by atoms with van der Waals surface area (Å²) in [5.74, 6) is 0.535. The van der Waals surface area contributed by atoms with Crippen LogP contribution < -0.4 is 20.1 Å². The lowest BCUT2D eigenvalue weighted by Crippen LogP contribution is -2.38. The van der Waals surface area contributed by atoms with Crippen molar-refractivity contribution in [2.24, 2.45) is 4.99 Å². The molecule has 0 amide bonds. The molecule has 1 atom stereocenters. The van der Waals surface area contributed by atoms with Gasteiger partial charge in [0.05, 0.1) is 19.8 Å². The van der Waals surface area contributed by atoms with Crippen molar-refractivity contribution in [3.63, 3.8) is 0 Å². The molecule has 0 saturated carbocycles. The number of guanidine groups is 1. The first kappa shape index (κ1) is 25.9. The summed E-state index contributed by atoms with van der Waals surface area (Å²) >= 11 is 0. The number of benzene rings is 2. The first-order valence-electron chi connectivity index (χ1n) is 9.30. The van der Waals surface area contributed by atoms with Crippen LogP contribution >= 0.6 is 24.0 Å². The number of ether oxygens (including phenoxy) is 2. The van der Waals surface area contributed by atoms with Gasteiger partial charge in [0.25, 0.3) is 0 Å². The highest BCUT2D eigenvalue weighted by molar-refractivity contribution is 14.0. The van der Waals surface area contributed by atoms with Crippen LogP contribution in [0.1, 0.15) is 18.5 Å². The molecule has 0 radical (unpaired) electrons. The number of hydrogen-bond acceptors (Lipinski definition) is 4. The minimum Gasteiger partial charge on any atom is -0.493 e. The number of nitrogens with one attached hydrogen (secondary N) is 2. The smallest absolute Gasteiger partial charge is 0.195 e. The highest BCUT2D eigenvalue weighted by atomic mass is 127. The zero-order chi connectivity index (χ0) is 21.4. The van der Waals surface area contributed by atoms with Crippen molar-refractivity contribution in [1.82, 2.24) is 10.2 Å². The fourth-order valence-electron chi connectivity index (χ4n) is 2.90. The van der Waals surface area contributed by atoms with Crippen LogP contribution in [0.5, 0.6) is 11.5 Å². The second-order valence-electron chi connectivity index (χ2n) is 6.49. The van der Waals surface area contributed by atoms with E-state index in [9.17, 15) is 8.78 Å². The van der Waals surface area contributed by atoms with E-state index in [1.807, 2.05) is 13.0 Å². The molecule has 0 spiro atoms. The van der Waals surface area contributed by atoms with E-state index in [1.165, 1.54) is 18.2 Å². The van der Waals surface area contributed by atoms with E-state index in [4.69, 9.17) is 9.47 Å². The van der Waals surface area contributed by atoms with Gasteiger partial charge in [0.2, 0.25) is 0 Å². The van der Waals surface area contributed by atoms with E-state index in [2.05, 4.69) is 15.6 Å². The minimum absolute atomic E-state index is 0. The molecule has 2 rings (SSSR count). The zero-order valence-electron chi connectivity index (χ0n) is 17.8. The molecule has 0 aliphatic carbocycles. The van der Waals surface area contributed by atoms with Gasteiger partial charge < -0.3 is 25.0 Å². The predicted octanol–water partition coefficient (Wildman–Crippen LogP) is 4.28. The Bertz CT molecular complexity index is 830. The number of hydrogen-bond donors (Lipinski definition) is 2. The first-order valence-corrected chi connectivity index (χ1v) is 9.30. The van der Waals surface area contributed by atoms with Gasteiger partial charge in [0, 0.05) is 30.9 Å². The molecule has 0 heterocycles. The van der Waals surface area contributed by atoms with E-state index in [-0.39, 0.29) is 36.1 Å². The lowest BCUT2D eigenvalue weighted by molar-refractivity contribution is 0.283. The van der Waals surface area contributed by atoms with Gasteiger partial charge in [-0.1, -0.05) is 6.07 Å². The second kappa shape index (κ2) is 12.5. The maximum Gasteiger partial charge on any atom is 0.195 e. The Morgan fingerprint density at radius 1 is 1.13 bits per heavy atom. The van der Waals surface area contributed by atoms with Crippen LogP contribution in [0, 0.1) is 11.6 Å². The normalized spacial score (nSPS) is 12.2. The summed E-state index contributed by atoms with van der Waals surface area (Å²) < 4.78 is 39.3. The summed E-state index contributed by atoms with van der Waals surface area (Å²) in [6, 6.07) is 8.77. The molecular formula is C21H29F2IN4O2. The minimum atomic E-state index is -0.579. The van der Waals surface area contributed by atoms with Crippen molar-refractivity contribution in [1.29, 1.82) is 0 Å². The summed E-state index contributed by atoms with van der Waals surface area (Å²) in [5, 5.41) is 6.27. The number of likely N-dealkylation sites (N-methyl/N-ethyl adjacent to an activating group) is 1. The first-order chi connectivity index (χ1) is 13.9. The quantitative estimate of drug-likeness (QED) is 0.301. The number of nitrogens with zero attached hydrogens (tertiary/aromatic N) is 2. The van der Waals surface area contributed by atoms with Crippen molar-refractivity contribution in [3.8, 4) is 11.5 Å². The number of aliphatic imine (C=N–C) groups is 1. The predicted molar refractivity (Wildman–Crippen MR) is 127 cm³/mol. The van der Waals surface area contributed by atoms with Crippen LogP contribution in [0.4, 0.5) is 14.5 Å². The lowest BCUT2D eigenvalue weighted by Gasteiger charge is -2.26. The Hall–Kier alpha value is -2.14. The molecule has 166 valence electrons. The SMILES string of the molecule is CCOc1ccc(NC(=NC)NCC(c2c(F)cccc2F)N(C)C)cc1OC.I. The average Bonchev–Trinajstić information content (AvgIpc) is 2.69. The molecule has 1 unspecified atom stereocenters. The third-order valence-corrected chi connectivity index (χ3v) is 4.37. The van der Waals surface area contributed by atoms with Gasteiger partial charge in [-0.2, -0.15) is 0 Å². The summed E-state index contributed by atoms with van der Waals surface area (Å²) in [6.07, 6.45) is 0. The maximum absolute atomic E-state index is 14.2.